The number of nitrogens with one attached hydrogen (secondary N) is 2. The molecular weight excluding hydrogens is 334 g/mol. The molecule has 1 unspecified atom stereocenters. The fourth-order valence-corrected chi connectivity index (χ4v) is 3.31. The smallest absolute Gasteiger partial charge is 0.251 e. The van der Waals surface area contributed by atoms with E-state index >= 15 is 0 Å². The number of aromatic nitrogens is 2. The maximum atomic E-state index is 12.5. The number of thioether (sulfide) groups is 1. The molecule has 0 aliphatic rings. The molecule has 5 nitrogen and oxygen atoms in total. The summed E-state index contributed by atoms with van der Waals surface area (Å²) in [4.78, 5) is 31.5. The van der Waals surface area contributed by atoms with E-state index in [0.29, 0.717) is 5.16 Å². The summed E-state index contributed by atoms with van der Waals surface area (Å²) < 4.78 is 0. The van der Waals surface area contributed by atoms with Crippen molar-refractivity contribution in [3.8, 4) is 0 Å². The minimum atomic E-state index is -0.372. The predicted molar refractivity (Wildman–Crippen MR) is 103 cm³/mol. The van der Waals surface area contributed by atoms with Gasteiger partial charge in [-0.25, -0.2) is 4.98 Å². The van der Waals surface area contributed by atoms with Gasteiger partial charge in [0.15, 0.2) is 5.16 Å². The molecular formula is C19H25N3O2S. The summed E-state index contributed by atoms with van der Waals surface area (Å²) in [6, 6.07) is 7.43. The largest absolute Gasteiger partial charge is 0.325 e. The quantitative estimate of drug-likeness (QED) is 0.582. The lowest BCUT2D eigenvalue weighted by Gasteiger charge is -2.15. The predicted octanol–water partition coefficient (Wildman–Crippen LogP) is 3.85. The molecule has 1 amide bonds. The van der Waals surface area contributed by atoms with E-state index in [1.165, 1.54) is 17.8 Å². The van der Waals surface area contributed by atoms with Crippen molar-refractivity contribution in [1.82, 2.24) is 9.97 Å². The zero-order chi connectivity index (χ0) is 18.4. The molecule has 0 saturated heterocycles. The lowest BCUT2D eigenvalue weighted by Crippen LogP contribution is -2.24. The van der Waals surface area contributed by atoms with Gasteiger partial charge in [0, 0.05) is 17.4 Å². The molecule has 2 rings (SSSR count). The van der Waals surface area contributed by atoms with Gasteiger partial charge in [-0.15, -0.1) is 0 Å². The number of hydrogen-bond donors (Lipinski definition) is 2. The van der Waals surface area contributed by atoms with Crippen LogP contribution in [0.1, 0.15) is 43.5 Å². The topological polar surface area (TPSA) is 74.8 Å². The highest BCUT2D eigenvalue weighted by Crippen LogP contribution is 2.23. The second kappa shape index (κ2) is 8.85. The average Bonchev–Trinajstić information content (AvgIpc) is 2.55. The summed E-state index contributed by atoms with van der Waals surface area (Å²) in [6.07, 6.45) is 2.81. The second-order valence-electron chi connectivity index (χ2n) is 6.16. The van der Waals surface area contributed by atoms with Crippen molar-refractivity contribution in [2.75, 3.05) is 5.32 Å². The van der Waals surface area contributed by atoms with E-state index < -0.39 is 0 Å². The first-order valence-electron chi connectivity index (χ1n) is 8.54. The molecule has 1 aromatic heterocycles. The molecule has 134 valence electrons. The number of aryl methyl sites for hydroxylation is 3. The van der Waals surface area contributed by atoms with E-state index in [0.717, 1.165) is 41.8 Å². The van der Waals surface area contributed by atoms with Gasteiger partial charge in [0.25, 0.3) is 5.56 Å². The van der Waals surface area contributed by atoms with Crippen molar-refractivity contribution in [3.05, 3.63) is 51.4 Å². The standard InChI is InChI=1S/C19H25N3O2S/c1-5-6-10-15-11-16(23)21-19(20-15)25-14(4)18(24)22-17-12(2)8-7-9-13(17)3/h7-9,11,14H,5-6,10H2,1-4H3,(H,22,24)(H,20,21,23). The van der Waals surface area contributed by atoms with Crippen LogP contribution in [0.25, 0.3) is 0 Å². The van der Waals surface area contributed by atoms with Crippen LogP contribution in [0.15, 0.2) is 34.2 Å². The third-order valence-corrected chi connectivity index (χ3v) is 4.93. The highest BCUT2D eigenvalue weighted by Gasteiger charge is 2.18. The fourth-order valence-electron chi connectivity index (χ4n) is 2.48. The molecule has 6 heteroatoms. The monoisotopic (exact) mass is 359 g/mol. The lowest BCUT2D eigenvalue weighted by molar-refractivity contribution is -0.115. The van der Waals surface area contributed by atoms with Crippen LogP contribution in [0.3, 0.4) is 0 Å². The van der Waals surface area contributed by atoms with Gasteiger partial charge in [-0.1, -0.05) is 43.3 Å². The minimum Gasteiger partial charge on any atom is -0.325 e. The van der Waals surface area contributed by atoms with Crippen molar-refractivity contribution in [1.29, 1.82) is 0 Å². The Labute approximate surface area is 152 Å². The maximum absolute atomic E-state index is 12.5. The van der Waals surface area contributed by atoms with Crippen LogP contribution in [0.2, 0.25) is 0 Å². The summed E-state index contributed by atoms with van der Waals surface area (Å²) in [5, 5.41) is 3.10. The number of benzene rings is 1. The van der Waals surface area contributed by atoms with Crippen molar-refractivity contribution in [2.45, 2.75) is 57.4 Å². The number of aromatic amines is 1. The first-order chi connectivity index (χ1) is 11.9. The van der Waals surface area contributed by atoms with E-state index in [9.17, 15) is 9.59 Å². The number of amides is 1. The van der Waals surface area contributed by atoms with Gasteiger partial charge in [-0.2, -0.15) is 0 Å². The van der Waals surface area contributed by atoms with Crippen LogP contribution in [0.5, 0.6) is 0 Å². The van der Waals surface area contributed by atoms with Crippen molar-refractivity contribution < 1.29 is 4.79 Å². The molecule has 2 aromatic rings. The summed E-state index contributed by atoms with van der Waals surface area (Å²) in [7, 11) is 0. The van der Waals surface area contributed by atoms with Gasteiger partial charge in [0.2, 0.25) is 5.91 Å². The molecule has 0 saturated carbocycles. The Morgan fingerprint density at radius 3 is 2.64 bits per heavy atom. The zero-order valence-corrected chi connectivity index (χ0v) is 16.0. The van der Waals surface area contributed by atoms with Gasteiger partial charge in [-0.3, -0.25) is 9.59 Å². The molecule has 1 heterocycles. The Kier molecular flexibility index (Phi) is 6.82. The van der Waals surface area contributed by atoms with Gasteiger partial charge in [-0.05, 0) is 44.7 Å². The molecule has 0 spiro atoms. The van der Waals surface area contributed by atoms with Gasteiger partial charge in [0.1, 0.15) is 0 Å². The van der Waals surface area contributed by atoms with Crippen LogP contribution < -0.4 is 10.9 Å². The Balaban J connectivity index is 2.08. The Morgan fingerprint density at radius 1 is 1.32 bits per heavy atom. The van der Waals surface area contributed by atoms with Crippen molar-refractivity contribution in [3.63, 3.8) is 0 Å². The molecule has 2 N–H and O–H groups in total. The van der Waals surface area contributed by atoms with Crippen molar-refractivity contribution in [2.24, 2.45) is 0 Å². The highest BCUT2D eigenvalue weighted by atomic mass is 32.2. The molecule has 0 aliphatic carbocycles. The fraction of sp³-hybridized carbons (Fsp3) is 0.421. The molecule has 0 aliphatic heterocycles. The Hall–Kier alpha value is -2.08. The number of anilines is 1. The van der Waals surface area contributed by atoms with E-state index in [4.69, 9.17) is 0 Å². The van der Waals surface area contributed by atoms with Gasteiger partial charge < -0.3 is 10.3 Å². The normalized spacial score (nSPS) is 12.0. The van der Waals surface area contributed by atoms with Gasteiger partial charge >= 0.3 is 0 Å². The van der Waals surface area contributed by atoms with Crippen molar-refractivity contribution >= 4 is 23.4 Å². The third-order valence-electron chi connectivity index (χ3n) is 3.95. The summed E-state index contributed by atoms with van der Waals surface area (Å²) in [6.45, 7) is 7.85. The SMILES string of the molecule is CCCCc1cc(=O)[nH]c(SC(C)C(=O)Nc2c(C)cccc2C)n1. The Bertz CT molecular complexity index is 781. The van der Waals surface area contributed by atoms with E-state index in [2.05, 4.69) is 22.2 Å². The molecule has 1 atom stereocenters. The second-order valence-corrected chi connectivity index (χ2v) is 7.49. The van der Waals surface area contributed by atoms with E-state index in [1.54, 1.807) is 0 Å². The molecule has 0 fully saturated rings. The Morgan fingerprint density at radius 2 is 2.00 bits per heavy atom. The van der Waals surface area contributed by atoms with Crippen LogP contribution >= 0.6 is 11.8 Å². The van der Waals surface area contributed by atoms with Crippen LogP contribution in [0.4, 0.5) is 5.69 Å². The van der Waals surface area contributed by atoms with Crippen LogP contribution in [0, 0.1) is 13.8 Å². The zero-order valence-electron chi connectivity index (χ0n) is 15.2. The highest BCUT2D eigenvalue weighted by molar-refractivity contribution is 8.00. The summed E-state index contributed by atoms with van der Waals surface area (Å²) in [5.41, 5.74) is 3.50. The number of hydrogen-bond acceptors (Lipinski definition) is 4. The number of carbonyl (C=O) groups excluding carboxylic acids is 1. The maximum Gasteiger partial charge on any atom is 0.251 e. The van der Waals surface area contributed by atoms with E-state index in [-0.39, 0.29) is 16.7 Å². The molecule has 1 aromatic carbocycles. The number of unbranched alkanes of at least 4 members (excludes halogenated alkanes) is 1. The average molecular weight is 359 g/mol. The molecule has 0 radical (unpaired) electrons. The number of carbonyl (C=O) groups is 1. The van der Waals surface area contributed by atoms with E-state index in [1.807, 2.05) is 39.0 Å². The summed E-state index contributed by atoms with van der Waals surface area (Å²) in [5.74, 6) is -0.107. The van der Waals surface area contributed by atoms with Gasteiger partial charge in [0.05, 0.1) is 5.25 Å². The number of H-pyrrole nitrogens is 1. The first kappa shape index (κ1) is 19.2. The third kappa shape index (κ3) is 5.46. The molecule has 25 heavy (non-hydrogen) atoms. The summed E-state index contributed by atoms with van der Waals surface area (Å²) >= 11 is 1.27. The molecule has 0 bridgehead atoms. The first-order valence-corrected chi connectivity index (χ1v) is 9.42. The van der Waals surface area contributed by atoms with Crippen LogP contribution in [-0.4, -0.2) is 21.1 Å². The minimum absolute atomic E-state index is 0.107. The lowest BCUT2D eigenvalue weighted by atomic mass is 10.1. The van der Waals surface area contributed by atoms with Crippen LogP contribution in [-0.2, 0) is 11.2 Å². The number of nitrogens with zero attached hydrogens (tertiary/aromatic N) is 1. The number of para-hydroxylation sites is 1. The number of rotatable bonds is 7.